The summed E-state index contributed by atoms with van der Waals surface area (Å²) in [5.74, 6) is 0. The Labute approximate surface area is 81.6 Å². The van der Waals surface area contributed by atoms with Gasteiger partial charge in [-0.25, -0.2) is 0 Å². The molecule has 0 aromatic heterocycles. The number of ether oxygens (including phenoxy) is 2. The molecule has 13 heavy (non-hydrogen) atoms. The van der Waals surface area contributed by atoms with Gasteiger partial charge in [-0.1, -0.05) is 13.8 Å². The Morgan fingerprint density at radius 1 is 0.923 bits per heavy atom. The fourth-order valence-corrected chi connectivity index (χ4v) is 1.77. The van der Waals surface area contributed by atoms with Crippen molar-refractivity contribution in [2.45, 2.75) is 58.2 Å². The molecule has 2 heteroatoms. The van der Waals surface area contributed by atoms with Gasteiger partial charge >= 0.3 is 0 Å². The maximum Gasteiger partial charge on any atom is 0.0600 e. The van der Waals surface area contributed by atoms with E-state index in [0.717, 1.165) is 32.5 Å². The van der Waals surface area contributed by atoms with Crippen LogP contribution in [0, 0.1) is 0 Å². The van der Waals surface area contributed by atoms with E-state index in [2.05, 4.69) is 13.8 Å². The second-order valence-electron chi connectivity index (χ2n) is 3.80. The standard InChI is InChI=1S/C11H22O2/c1-3-7-12-10-5-6-11(9-10)13-8-4-2/h10-11H,3-9H2,1-2H3. The SMILES string of the molecule is CCCOC1CCC(OCCC)C1. The fraction of sp³-hybridized carbons (Fsp3) is 1.00. The summed E-state index contributed by atoms with van der Waals surface area (Å²) in [6, 6.07) is 0. The second-order valence-corrected chi connectivity index (χ2v) is 3.80. The first-order valence-corrected chi connectivity index (χ1v) is 5.60. The maximum absolute atomic E-state index is 5.68. The molecule has 0 bridgehead atoms. The summed E-state index contributed by atoms with van der Waals surface area (Å²) in [6.45, 7) is 6.12. The summed E-state index contributed by atoms with van der Waals surface area (Å²) in [6.07, 6.45) is 6.68. The highest BCUT2D eigenvalue weighted by atomic mass is 16.5. The average Bonchev–Trinajstić information content (AvgIpc) is 2.59. The van der Waals surface area contributed by atoms with Gasteiger partial charge in [-0.05, 0) is 32.1 Å². The highest BCUT2D eigenvalue weighted by Gasteiger charge is 2.25. The van der Waals surface area contributed by atoms with Gasteiger partial charge in [-0.15, -0.1) is 0 Å². The molecule has 2 atom stereocenters. The van der Waals surface area contributed by atoms with Gasteiger partial charge < -0.3 is 9.47 Å². The Morgan fingerprint density at radius 3 is 1.77 bits per heavy atom. The van der Waals surface area contributed by atoms with Crippen molar-refractivity contribution >= 4 is 0 Å². The molecule has 0 spiro atoms. The summed E-state index contributed by atoms with van der Waals surface area (Å²) < 4.78 is 11.4. The molecule has 0 saturated heterocycles. The van der Waals surface area contributed by atoms with E-state index in [-0.39, 0.29) is 0 Å². The Hall–Kier alpha value is -0.0800. The molecule has 2 unspecified atom stereocenters. The van der Waals surface area contributed by atoms with Crippen molar-refractivity contribution in [2.75, 3.05) is 13.2 Å². The lowest BCUT2D eigenvalue weighted by Crippen LogP contribution is -2.13. The molecule has 0 aliphatic heterocycles. The zero-order valence-electron chi connectivity index (χ0n) is 8.92. The van der Waals surface area contributed by atoms with Crippen molar-refractivity contribution in [3.8, 4) is 0 Å². The van der Waals surface area contributed by atoms with Gasteiger partial charge in [0, 0.05) is 13.2 Å². The van der Waals surface area contributed by atoms with Crippen LogP contribution in [0.2, 0.25) is 0 Å². The predicted molar refractivity (Wildman–Crippen MR) is 53.9 cm³/mol. The van der Waals surface area contributed by atoms with Crippen LogP contribution in [0.4, 0.5) is 0 Å². The second kappa shape index (κ2) is 6.39. The van der Waals surface area contributed by atoms with Crippen LogP contribution in [0.1, 0.15) is 46.0 Å². The summed E-state index contributed by atoms with van der Waals surface area (Å²) in [5.41, 5.74) is 0. The van der Waals surface area contributed by atoms with Crippen LogP contribution >= 0.6 is 0 Å². The van der Waals surface area contributed by atoms with Crippen LogP contribution in [-0.4, -0.2) is 25.4 Å². The van der Waals surface area contributed by atoms with Gasteiger partial charge in [-0.2, -0.15) is 0 Å². The van der Waals surface area contributed by atoms with Gasteiger partial charge in [0.2, 0.25) is 0 Å². The lowest BCUT2D eigenvalue weighted by molar-refractivity contribution is 0.0228. The third-order valence-electron chi connectivity index (χ3n) is 2.45. The molecule has 1 fully saturated rings. The fourth-order valence-electron chi connectivity index (χ4n) is 1.77. The summed E-state index contributed by atoms with van der Waals surface area (Å²) in [4.78, 5) is 0. The largest absolute Gasteiger partial charge is 0.378 e. The smallest absolute Gasteiger partial charge is 0.0600 e. The molecule has 1 rings (SSSR count). The van der Waals surface area contributed by atoms with Crippen LogP contribution < -0.4 is 0 Å². The maximum atomic E-state index is 5.68. The zero-order chi connectivity index (χ0) is 9.52. The van der Waals surface area contributed by atoms with Crippen LogP contribution in [-0.2, 0) is 9.47 Å². The van der Waals surface area contributed by atoms with Crippen LogP contribution in [0.5, 0.6) is 0 Å². The monoisotopic (exact) mass is 186 g/mol. The van der Waals surface area contributed by atoms with E-state index >= 15 is 0 Å². The minimum atomic E-state index is 0.474. The Kier molecular flexibility index (Phi) is 5.40. The molecular weight excluding hydrogens is 164 g/mol. The molecule has 1 aliphatic rings. The Bertz CT molecular complexity index is 111. The molecule has 0 radical (unpaired) electrons. The van der Waals surface area contributed by atoms with Gasteiger partial charge in [0.1, 0.15) is 0 Å². The normalized spacial score (nSPS) is 28.2. The van der Waals surface area contributed by atoms with Crippen molar-refractivity contribution in [3.05, 3.63) is 0 Å². The Morgan fingerprint density at radius 2 is 1.38 bits per heavy atom. The van der Waals surface area contributed by atoms with Crippen LogP contribution in [0.3, 0.4) is 0 Å². The molecule has 0 N–H and O–H groups in total. The van der Waals surface area contributed by atoms with Gasteiger partial charge in [0.25, 0.3) is 0 Å². The van der Waals surface area contributed by atoms with Crippen molar-refractivity contribution in [1.29, 1.82) is 0 Å². The third kappa shape index (κ3) is 4.10. The van der Waals surface area contributed by atoms with Crippen molar-refractivity contribution < 1.29 is 9.47 Å². The summed E-state index contributed by atoms with van der Waals surface area (Å²) in [7, 11) is 0. The first kappa shape index (κ1) is 11.0. The first-order chi connectivity index (χ1) is 6.36. The van der Waals surface area contributed by atoms with Gasteiger partial charge in [-0.3, -0.25) is 0 Å². The minimum Gasteiger partial charge on any atom is -0.378 e. The lowest BCUT2D eigenvalue weighted by Gasteiger charge is -2.12. The van der Waals surface area contributed by atoms with E-state index in [1.165, 1.54) is 12.8 Å². The molecule has 0 amide bonds. The summed E-state index contributed by atoms with van der Waals surface area (Å²) in [5, 5.41) is 0. The molecule has 0 aromatic rings. The predicted octanol–water partition coefficient (Wildman–Crippen LogP) is 2.76. The van der Waals surface area contributed by atoms with Crippen LogP contribution in [0.25, 0.3) is 0 Å². The molecule has 78 valence electrons. The highest BCUT2D eigenvalue weighted by molar-refractivity contribution is 4.76. The van der Waals surface area contributed by atoms with Crippen molar-refractivity contribution in [3.63, 3.8) is 0 Å². The van der Waals surface area contributed by atoms with E-state index in [4.69, 9.17) is 9.47 Å². The molecule has 0 heterocycles. The summed E-state index contributed by atoms with van der Waals surface area (Å²) >= 11 is 0. The molecular formula is C11H22O2. The van der Waals surface area contributed by atoms with E-state index in [1.54, 1.807) is 0 Å². The topological polar surface area (TPSA) is 18.5 Å². The minimum absolute atomic E-state index is 0.474. The first-order valence-electron chi connectivity index (χ1n) is 5.60. The Balaban J connectivity index is 2.05. The van der Waals surface area contributed by atoms with Gasteiger partial charge in [0.05, 0.1) is 12.2 Å². The van der Waals surface area contributed by atoms with Crippen molar-refractivity contribution in [1.82, 2.24) is 0 Å². The van der Waals surface area contributed by atoms with Gasteiger partial charge in [0.15, 0.2) is 0 Å². The van der Waals surface area contributed by atoms with E-state index in [1.807, 2.05) is 0 Å². The molecule has 1 saturated carbocycles. The zero-order valence-corrected chi connectivity index (χ0v) is 8.92. The molecule has 0 aromatic carbocycles. The number of hydrogen-bond donors (Lipinski definition) is 0. The van der Waals surface area contributed by atoms with E-state index in [0.29, 0.717) is 12.2 Å². The van der Waals surface area contributed by atoms with Crippen molar-refractivity contribution in [2.24, 2.45) is 0 Å². The highest BCUT2D eigenvalue weighted by Crippen LogP contribution is 2.24. The number of rotatable bonds is 6. The molecule has 2 nitrogen and oxygen atoms in total. The lowest BCUT2D eigenvalue weighted by atomic mass is 10.3. The quantitative estimate of drug-likeness (QED) is 0.635. The van der Waals surface area contributed by atoms with E-state index in [9.17, 15) is 0 Å². The van der Waals surface area contributed by atoms with E-state index < -0.39 is 0 Å². The third-order valence-corrected chi connectivity index (χ3v) is 2.45. The van der Waals surface area contributed by atoms with Crippen LogP contribution in [0.15, 0.2) is 0 Å². The molecule has 1 aliphatic carbocycles. The number of hydrogen-bond acceptors (Lipinski definition) is 2. The average molecular weight is 186 g/mol.